The molecule has 1 aliphatic carbocycles. The highest BCUT2D eigenvalue weighted by molar-refractivity contribution is 9.10. The molecule has 19 heavy (non-hydrogen) atoms. The fraction of sp³-hybridized carbons (Fsp3) is 0.500. The molecule has 0 bridgehead atoms. The minimum absolute atomic E-state index is 0.0141. The molecule has 1 saturated carbocycles. The van der Waals surface area contributed by atoms with Crippen molar-refractivity contribution in [2.75, 3.05) is 6.54 Å². The average molecular weight is 350 g/mol. The molecule has 0 heterocycles. The van der Waals surface area contributed by atoms with Gasteiger partial charge in [0.15, 0.2) is 0 Å². The monoisotopic (exact) mass is 348 g/mol. The standard InChI is InChI=1S/C12H14BrClN2O3/c1-2-15-8-5-9(6-8)19-12-10(13)3-7(14)4-11(12)16(17)18/h3-4,8-9,15H,2,5-6H2,1H3. The minimum atomic E-state index is -0.480. The van der Waals surface area contributed by atoms with Crippen LogP contribution in [0.1, 0.15) is 19.8 Å². The number of ether oxygens (including phenoxy) is 1. The van der Waals surface area contributed by atoms with Crippen LogP contribution in [-0.2, 0) is 0 Å². The molecule has 0 atom stereocenters. The maximum atomic E-state index is 11.0. The summed E-state index contributed by atoms with van der Waals surface area (Å²) in [5.41, 5.74) is -0.105. The van der Waals surface area contributed by atoms with Crippen molar-refractivity contribution in [1.82, 2.24) is 5.32 Å². The Balaban J connectivity index is 2.10. The van der Waals surface area contributed by atoms with Crippen LogP contribution in [-0.4, -0.2) is 23.6 Å². The Labute approximate surface area is 124 Å². The van der Waals surface area contributed by atoms with Gasteiger partial charge in [-0.05, 0) is 41.4 Å². The van der Waals surface area contributed by atoms with Gasteiger partial charge in [0.25, 0.3) is 0 Å². The van der Waals surface area contributed by atoms with Gasteiger partial charge in [-0.1, -0.05) is 18.5 Å². The van der Waals surface area contributed by atoms with Crippen molar-refractivity contribution in [2.45, 2.75) is 31.9 Å². The van der Waals surface area contributed by atoms with Crippen molar-refractivity contribution in [3.8, 4) is 5.75 Å². The van der Waals surface area contributed by atoms with Crippen molar-refractivity contribution >= 4 is 33.2 Å². The van der Waals surface area contributed by atoms with Gasteiger partial charge in [0.05, 0.1) is 9.40 Å². The third kappa shape index (κ3) is 3.38. The summed E-state index contributed by atoms with van der Waals surface area (Å²) in [6.45, 7) is 2.97. The van der Waals surface area contributed by atoms with Crippen LogP contribution in [0.4, 0.5) is 5.69 Å². The van der Waals surface area contributed by atoms with E-state index in [2.05, 4.69) is 28.2 Å². The number of hydrogen-bond acceptors (Lipinski definition) is 4. The Morgan fingerprint density at radius 3 is 2.84 bits per heavy atom. The molecule has 0 saturated heterocycles. The number of nitro benzene ring substituents is 1. The zero-order chi connectivity index (χ0) is 14.0. The zero-order valence-electron chi connectivity index (χ0n) is 10.4. The van der Waals surface area contributed by atoms with Gasteiger partial charge in [0.2, 0.25) is 5.75 Å². The molecule has 0 spiro atoms. The Kier molecular flexibility index (Phi) is 4.65. The Morgan fingerprint density at radius 1 is 1.58 bits per heavy atom. The largest absolute Gasteiger partial charge is 0.483 e. The molecule has 0 aromatic heterocycles. The number of nitrogens with one attached hydrogen (secondary N) is 1. The smallest absolute Gasteiger partial charge is 0.313 e. The van der Waals surface area contributed by atoms with Gasteiger partial charge in [0.1, 0.15) is 6.10 Å². The maximum absolute atomic E-state index is 11.0. The second-order valence-corrected chi connectivity index (χ2v) is 5.75. The lowest BCUT2D eigenvalue weighted by molar-refractivity contribution is -0.386. The Hall–Kier alpha value is -0.850. The zero-order valence-corrected chi connectivity index (χ0v) is 12.7. The van der Waals surface area contributed by atoms with E-state index in [9.17, 15) is 10.1 Å². The molecule has 104 valence electrons. The molecule has 0 unspecified atom stereocenters. The Bertz CT molecular complexity index is 492. The molecule has 0 radical (unpaired) electrons. The van der Waals surface area contributed by atoms with Crippen molar-refractivity contribution < 1.29 is 9.66 Å². The van der Waals surface area contributed by atoms with Crippen LogP contribution < -0.4 is 10.1 Å². The van der Waals surface area contributed by atoms with Crippen LogP contribution in [0.5, 0.6) is 5.75 Å². The van der Waals surface area contributed by atoms with E-state index in [1.807, 2.05) is 0 Å². The first-order valence-corrected chi connectivity index (χ1v) is 7.21. The number of hydrogen-bond donors (Lipinski definition) is 1. The lowest BCUT2D eigenvalue weighted by Crippen LogP contribution is -2.46. The normalized spacial score (nSPS) is 21.8. The van der Waals surface area contributed by atoms with Gasteiger partial charge in [-0.3, -0.25) is 10.1 Å². The van der Waals surface area contributed by atoms with Crippen LogP contribution in [0, 0.1) is 10.1 Å². The van der Waals surface area contributed by atoms with E-state index in [1.54, 1.807) is 6.07 Å². The van der Waals surface area contributed by atoms with Gasteiger partial charge in [-0.2, -0.15) is 0 Å². The summed E-state index contributed by atoms with van der Waals surface area (Å²) in [6, 6.07) is 3.35. The van der Waals surface area contributed by atoms with Gasteiger partial charge < -0.3 is 10.1 Å². The predicted octanol–water partition coefficient (Wildman–Crippen LogP) is 3.53. The molecular formula is C12H14BrClN2O3. The SMILES string of the molecule is CCNC1CC(Oc2c(Br)cc(Cl)cc2[N+](=O)[O-])C1. The summed E-state index contributed by atoms with van der Waals surface area (Å²) in [4.78, 5) is 10.5. The summed E-state index contributed by atoms with van der Waals surface area (Å²) < 4.78 is 6.23. The summed E-state index contributed by atoms with van der Waals surface area (Å²) in [7, 11) is 0. The molecule has 0 amide bonds. The van der Waals surface area contributed by atoms with Crippen molar-refractivity contribution in [2.24, 2.45) is 0 Å². The topological polar surface area (TPSA) is 64.4 Å². The summed E-state index contributed by atoms with van der Waals surface area (Å²) in [5.74, 6) is 0.259. The number of halogens is 2. The van der Waals surface area contributed by atoms with E-state index >= 15 is 0 Å². The summed E-state index contributed by atoms with van der Waals surface area (Å²) in [5, 5.41) is 14.6. The fourth-order valence-electron chi connectivity index (χ4n) is 2.08. The third-order valence-electron chi connectivity index (χ3n) is 3.06. The first-order valence-electron chi connectivity index (χ1n) is 6.04. The number of benzene rings is 1. The highest BCUT2D eigenvalue weighted by Gasteiger charge is 2.32. The van der Waals surface area contributed by atoms with Crippen molar-refractivity contribution in [3.63, 3.8) is 0 Å². The Morgan fingerprint density at radius 2 is 2.26 bits per heavy atom. The second kappa shape index (κ2) is 6.07. The average Bonchev–Trinajstić information content (AvgIpc) is 2.28. The van der Waals surface area contributed by atoms with Gasteiger partial charge >= 0.3 is 5.69 Å². The summed E-state index contributed by atoms with van der Waals surface area (Å²) in [6.07, 6.45) is 1.74. The van der Waals surface area contributed by atoms with E-state index in [-0.39, 0.29) is 17.5 Å². The van der Waals surface area contributed by atoms with Gasteiger partial charge in [-0.15, -0.1) is 0 Å². The molecule has 1 fully saturated rings. The molecule has 7 heteroatoms. The van der Waals surface area contributed by atoms with Crippen LogP contribution in [0.2, 0.25) is 5.02 Å². The van der Waals surface area contributed by atoms with Crippen molar-refractivity contribution in [3.05, 3.63) is 31.7 Å². The minimum Gasteiger partial charge on any atom is -0.483 e. The maximum Gasteiger partial charge on any atom is 0.313 e. The van der Waals surface area contributed by atoms with Gasteiger partial charge in [0, 0.05) is 17.1 Å². The lowest BCUT2D eigenvalue weighted by Gasteiger charge is -2.35. The molecule has 5 nitrogen and oxygen atoms in total. The van der Waals surface area contributed by atoms with E-state index in [0.717, 1.165) is 19.4 Å². The highest BCUT2D eigenvalue weighted by Crippen LogP contribution is 2.40. The quantitative estimate of drug-likeness (QED) is 0.652. The second-order valence-electron chi connectivity index (χ2n) is 4.46. The number of rotatable bonds is 5. The van der Waals surface area contributed by atoms with Crippen LogP contribution >= 0.6 is 27.5 Å². The molecule has 1 aromatic rings. The van der Waals surface area contributed by atoms with E-state index in [4.69, 9.17) is 16.3 Å². The van der Waals surface area contributed by atoms with Crippen LogP contribution in [0.15, 0.2) is 16.6 Å². The summed E-state index contributed by atoms with van der Waals surface area (Å²) >= 11 is 9.08. The fourth-order valence-corrected chi connectivity index (χ4v) is 2.97. The molecule has 1 aliphatic rings. The van der Waals surface area contributed by atoms with Crippen molar-refractivity contribution in [1.29, 1.82) is 0 Å². The predicted molar refractivity (Wildman–Crippen MR) is 76.9 cm³/mol. The molecule has 2 rings (SSSR count). The lowest BCUT2D eigenvalue weighted by atomic mass is 9.89. The highest BCUT2D eigenvalue weighted by atomic mass is 79.9. The number of nitro groups is 1. The van der Waals surface area contributed by atoms with Gasteiger partial charge in [-0.25, -0.2) is 0 Å². The van der Waals surface area contributed by atoms with Crippen LogP contribution in [0.25, 0.3) is 0 Å². The number of nitrogens with zero attached hydrogens (tertiary/aromatic N) is 1. The molecule has 1 aromatic carbocycles. The van der Waals surface area contributed by atoms with E-state index < -0.39 is 4.92 Å². The molecule has 0 aliphatic heterocycles. The van der Waals surface area contributed by atoms with Crippen LogP contribution in [0.3, 0.4) is 0 Å². The first kappa shape index (κ1) is 14.6. The third-order valence-corrected chi connectivity index (χ3v) is 3.86. The van der Waals surface area contributed by atoms with E-state index in [0.29, 0.717) is 15.5 Å². The molecular weight excluding hydrogens is 336 g/mol. The first-order chi connectivity index (χ1) is 9.01. The molecule has 1 N–H and O–H groups in total. The van der Waals surface area contributed by atoms with E-state index in [1.165, 1.54) is 6.07 Å².